The number of thiophene rings is 1. The van der Waals surface area contributed by atoms with Crippen molar-refractivity contribution in [3.63, 3.8) is 0 Å². The van der Waals surface area contributed by atoms with Crippen molar-refractivity contribution in [1.29, 1.82) is 0 Å². The molecule has 3 fully saturated rings. The molecule has 1 saturated carbocycles. The normalized spacial score (nSPS) is 25.0. The molecule has 2 saturated heterocycles. The van der Waals surface area contributed by atoms with Gasteiger partial charge in [-0.1, -0.05) is 23.3 Å². The number of ether oxygens (including phenoxy) is 2. The summed E-state index contributed by atoms with van der Waals surface area (Å²) in [5.41, 5.74) is 0.898. The summed E-state index contributed by atoms with van der Waals surface area (Å²) in [6, 6.07) is 14.1. The van der Waals surface area contributed by atoms with Crippen molar-refractivity contribution in [2.24, 2.45) is 36.1 Å². The number of fused-ring (bicyclic) bond motifs is 5. The molecule has 9 rings (SSSR count). The summed E-state index contributed by atoms with van der Waals surface area (Å²) in [6.45, 7) is 3.72. The number of carboxylic acids is 1. The Hall–Kier alpha value is -6.19. The second-order valence-electron chi connectivity index (χ2n) is 15.7. The number of allylic oxidation sites excluding steroid dienone is 2. The highest BCUT2D eigenvalue weighted by atomic mass is 35.5. The minimum Gasteiger partial charge on any atom is -0.507 e. The third-order valence-electron chi connectivity index (χ3n) is 12.8. The number of phenolic OH excluding ortho intramolecular Hbond substituents is 1. The number of carbonyl (C=O) groups is 5. The van der Waals surface area contributed by atoms with Gasteiger partial charge in [-0.25, -0.2) is 14.6 Å². The van der Waals surface area contributed by atoms with Gasteiger partial charge in [0.2, 0.25) is 29.4 Å². The maximum absolute atomic E-state index is 15.3. The first kappa shape index (κ1) is 38.3. The van der Waals surface area contributed by atoms with Crippen LogP contribution < -0.4 is 19.3 Å². The molecule has 0 radical (unpaired) electrons. The van der Waals surface area contributed by atoms with E-state index in [-0.39, 0.29) is 47.2 Å². The molecular weight excluding hydrogens is 800 g/mol. The Balaban J connectivity index is 1.17. The molecule has 5 aromatic rings. The van der Waals surface area contributed by atoms with Crippen LogP contribution in [0.2, 0.25) is 5.02 Å². The number of hydrogen-bond donors (Lipinski definition) is 3. The summed E-state index contributed by atoms with van der Waals surface area (Å²) in [6.07, 6.45) is 2.07. The molecule has 4 aliphatic rings. The SMILES string of the molecule is COc1cc([C@H]2C3=CC[C@@H]4C(=O)N(c5ccc(C(=O)O)c(O)c5)C(=O)[C@@H]4[C@@H]3C[C@H]3C(=O)N(c4cc(-c5sc6ccc(Cl)cc6c5C)nn4C)C(=O)[C@@]23C)cc(OC)c1O. The van der Waals surface area contributed by atoms with Gasteiger partial charge < -0.3 is 24.8 Å². The maximum atomic E-state index is 15.3. The average molecular weight is 837 g/mol. The smallest absolute Gasteiger partial charge is 0.339 e. The highest BCUT2D eigenvalue weighted by Crippen LogP contribution is 2.64. The molecular formula is C43H37ClN4O10S. The van der Waals surface area contributed by atoms with Gasteiger partial charge in [-0.15, -0.1) is 11.3 Å². The van der Waals surface area contributed by atoms with Crippen LogP contribution in [0.15, 0.2) is 66.2 Å². The van der Waals surface area contributed by atoms with Gasteiger partial charge in [-0.3, -0.25) is 23.9 Å². The van der Waals surface area contributed by atoms with Crippen LogP contribution >= 0.6 is 22.9 Å². The second-order valence-corrected chi connectivity index (χ2v) is 17.2. The molecule has 0 bridgehead atoms. The van der Waals surface area contributed by atoms with Gasteiger partial charge in [0.25, 0.3) is 0 Å². The Bertz CT molecular complexity index is 2730. The zero-order valence-electron chi connectivity index (χ0n) is 32.3. The minimum absolute atomic E-state index is 0.0194. The quantitative estimate of drug-likeness (QED) is 0.115. The zero-order valence-corrected chi connectivity index (χ0v) is 33.9. The summed E-state index contributed by atoms with van der Waals surface area (Å²) in [4.78, 5) is 73.5. The lowest BCUT2D eigenvalue weighted by molar-refractivity contribution is -0.131. The van der Waals surface area contributed by atoms with Gasteiger partial charge in [0.15, 0.2) is 11.5 Å². The van der Waals surface area contributed by atoms with Gasteiger partial charge in [0.05, 0.1) is 48.0 Å². The topological polar surface area (TPSA) is 189 Å². The van der Waals surface area contributed by atoms with Crippen LogP contribution in [-0.4, -0.2) is 68.9 Å². The molecule has 2 aliphatic heterocycles. The lowest BCUT2D eigenvalue weighted by Gasteiger charge is -2.49. The number of rotatable bonds is 7. The first-order valence-electron chi connectivity index (χ1n) is 18.8. The van der Waals surface area contributed by atoms with Crippen molar-refractivity contribution in [3.8, 4) is 33.6 Å². The molecule has 59 heavy (non-hydrogen) atoms. The first-order chi connectivity index (χ1) is 28.1. The number of aromatic nitrogens is 2. The number of aryl methyl sites for hydroxylation is 2. The van der Waals surface area contributed by atoms with Crippen LogP contribution in [-0.2, 0) is 26.2 Å². The monoisotopic (exact) mass is 836 g/mol. The Labute approximate surface area is 345 Å². The number of amides is 4. The van der Waals surface area contributed by atoms with E-state index in [0.29, 0.717) is 21.9 Å². The van der Waals surface area contributed by atoms with Crippen molar-refractivity contribution < 1.29 is 48.8 Å². The number of carboxylic acid groups (broad SMARTS) is 1. The molecule has 14 nitrogen and oxygen atoms in total. The van der Waals surface area contributed by atoms with E-state index < -0.39 is 70.4 Å². The number of aromatic carboxylic acids is 1. The number of nitrogens with zero attached hydrogens (tertiary/aromatic N) is 4. The number of halogens is 1. The van der Waals surface area contributed by atoms with E-state index >= 15 is 9.59 Å². The van der Waals surface area contributed by atoms with Crippen molar-refractivity contribution >= 4 is 74.1 Å². The third kappa shape index (κ3) is 5.36. The Morgan fingerprint density at radius 1 is 0.932 bits per heavy atom. The number of carbonyl (C=O) groups excluding carboxylic acids is 4. The van der Waals surface area contributed by atoms with E-state index in [2.05, 4.69) is 0 Å². The fourth-order valence-corrected chi connectivity index (χ4v) is 11.3. The molecule has 2 aliphatic carbocycles. The van der Waals surface area contributed by atoms with Crippen LogP contribution in [0.4, 0.5) is 11.5 Å². The van der Waals surface area contributed by atoms with E-state index in [1.165, 1.54) is 41.2 Å². The molecule has 2 aromatic heterocycles. The molecule has 4 heterocycles. The van der Waals surface area contributed by atoms with Crippen LogP contribution in [0.3, 0.4) is 0 Å². The van der Waals surface area contributed by atoms with Gasteiger partial charge in [0.1, 0.15) is 22.8 Å². The van der Waals surface area contributed by atoms with Gasteiger partial charge in [0, 0.05) is 34.8 Å². The van der Waals surface area contributed by atoms with Crippen molar-refractivity contribution in [3.05, 3.63) is 88.0 Å². The number of aromatic hydroxyl groups is 2. The Morgan fingerprint density at radius 3 is 2.31 bits per heavy atom. The van der Waals surface area contributed by atoms with E-state index in [9.17, 15) is 29.7 Å². The van der Waals surface area contributed by atoms with Crippen molar-refractivity contribution in [2.75, 3.05) is 24.0 Å². The molecule has 0 unspecified atom stereocenters. The number of phenols is 2. The zero-order chi connectivity index (χ0) is 42.0. The fourth-order valence-electron chi connectivity index (χ4n) is 10.0. The predicted octanol–water partition coefficient (Wildman–Crippen LogP) is 6.83. The Morgan fingerprint density at radius 2 is 1.64 bits per heavy atom. The van der Waals surface area contributed by atoms with Crippen LogP contribution in [0, 0.1) is 36.0 Å². The van der Waals surface area contributed by atoms with Crippen molar-refractivity contribution in [1.82, 2.24) is 9.78 Å². The third-order valence-corrected chi connectivity index (χ3v) is 14.3. The molecule has 0 spiro atoms. The molecule has 302 valence electrons. The summed E-state index contributed by atoms with van der Waals surface area (Å²) in [5.74, 6) is -8.17. The lowest BCUT2D eigenvalue weighted by atomic mass is 9.51. The average Bonchev–Trinajstić information content (AvgIpc) is 3.87. The van der Waals surface area contributed by atoms with E-state index in [1.54, 1.807) is 32.2 Å². The van der Waals surface area contributed by atoms with Gasteiger partial charge >= 0.3 is 5.97 Å². The van der Waals surface area contributed by atoms with E-state index in [1.807, 2.05) is 31.2 Å². The molecule has 16 heteroatoms. The highest BCUT2D eigenvalue weighted by molar-refractivity contribution is 7.22. The molecule has 6 atom stereocenters. The standard InChI is InChI=1S/C43H37ClN4O10S/c1-18-25-14-20(44)6-11-32(25)59-37(18)28-17-33(46(3)45-28)48-39(52)27-16-26-22(35(43(27,2)42(48)56)19-12-30(57-4)36(50)31(13-19)58-5)9-10-24-34(26)40(53)47(38(24)51)21-7-8-23(41(54)55)29(49)15-21/h6-9,11-15,17,24,26-27,34-35,49-50H,10,16H2,1-5H3,(H,54,55)/t24-,26+,27-,34-,35-,43+/m0/s1. The fraction of sp³-hybridized carbons (Fsp3) is 0.302. The first-order valence-corrected chi connectivity index (χ1v) is 20.0. The van der Waals surface area contributed by atoms with E-state index in [0.717, 1.165) is 37.6 Å². The summed E-state index contributed by atoms with van der Waals surface area (Å²) in [7, 11) is 4.43. The lowest BCUT2D eigenvalue weighted by Crippen LogP contribution is -2.49. The minimum atomic E-state index is -1.43. The number of hydrogen-bond acceptors (Lipinski definition) is 11. The molecule has 3 aromatic carbocycles. The maximum Gasteiger partial charge on any atom is 0.339 e. The highest BCUT2D eigenvalue weighted by Gasteiger charge is 2.68. The number of benzene rings is 3. The van der Waals surface area contributed by atoms with E-state index in [4.69, 9.17) is 26.2 Å². The molecule has 4 amide bonds. The number of methoxy groups -OCH3 is 2. The van der Waals surface area contributed by atoms with Gasteiger partial charge in [-0.2, -0.15) is 5.10 Å². The summed E-state index contributed by atoms with van der Waals surface area (Å²) in [5, 5.41) is 37.2. The largest absolute Gasteiger partial charge is 0.507 e. The number of anilines is 2. The number of imide groups is 2. The van der Waals surface area contributed by atoms with Crippen LogP contribution in [0.5, 0.6) is 23.0 Å². The summed E-state index contributed by atoms with van der Waals surface area (Å²) < 4.78 is 13.6. The van der Waals surface area contributed by atoms with Crippen molar-refractivity contribution in [2.45, 2.75) is 32.6 Å². The second kappa shape index (κ2) is 13.4. The molecule has 3 N–H and O–H groups in total. The van der Waals surface area contributed by atoms with Gasteiger partial charge in [-0.05, 0) is 91.6 Å². The predicted molar refractivity (Wildman–Crippen MR) is 217 cm³/mol. The van der Waals surface area contributed by atoms with Crippen LogP contribution in [0.25, 0.3) is 20.7 Å². The summed E-state index contributed by atoms with van der Waals surface area (Å²) >= 11 is 7.84. The van der Waals surface area contributed by atoms with Crippen LogP contribution in [0.1, 0.15) is 47.2 Å². The Kier molecular flexibility index (Phi) is 8.72.